The molecule has 1 heterocycles. The molecule has 7 heteroatoms. The molecule has 0 unspecified atom stereocenters. The van der Waals surface area contributed by atoms with Gasteiger partial charge in [0.2, 0.25) is 15.9 Å². The molecule has 1 amide bonds. The van der Waals surface area contributed by atoms with Gasteiger partial charge in [0, 0.05) is 6.54 Å². The summed E-state index contributed by atoms with van der Waals surface area (Å²) in [5, 5.41) is 0. The lowest BCUT2D eigenvalue weighted by atomic mass is 10.2. The molecule has 0 N–H and O–H groups in total. The van der Waals surface area contributed by atoms with Crippen molar-refractivity contribution in [2.24, 2.45) is 0 Å². The van der Waals surface area contributed by atoms with Crippen molar-refractivity contribution >= 4 is 21.6 Å². The van der Waals surface area contributed by atoms with Crippen LogP contribution in [-0.4, -0.2) is 44.9 Å². The van der Waals surface area contributed by atoms with E-state index in [1.165, 1.54) is 4.31 Å². The molecule has 138 valence electrons. The Labute approximate surface area is 154 Å². The van der Waals surface area contributed by atoms with Gasteiger partial charge in [-0.25, -0.2) is 8.42 Å². The Morgan fingerprint density at radius 3 is 2.54 bits per heavy atom. The molecule has 0 aromatic heterocycles. The molecule has 0 atom stereocenters. The van der Waals surface area contributed by atoms with Crippen molar-refractivity contribution in [3.8, 4) is 5.75 Å². The minimum Gasteiger partial charge on any atom is -0.490 e. The van der Waals surface area contributed by atoms with Crippen LogP contribution >= 0.6 is 0 Å². The largest absolute Gasteiger partial charge is 0.490 e. The monoisotopic (exact) mass is 374 g/mol. The molecule has 2 aromatic carbocycles. The maximum absolute atomic E-state index is 12.9. The first kappa shape index (κ1) is 18.4. The molecule has 26 heavy (non-hydrogen) atoms. The molecular formula is C19H22N2O4S. The van der Waals surface area contributed by atoms with Gasteiger partial charge in [-0.15, -0.1) is 0 Å². The van der Waals surface area contributed by atoms with Crippen LogP contribution in [0.15, 0.2) is 53.4 Å². The molecule has 0 saturated carbocycles. The second kappa shape index (κ2) is 7.47. The Kier molecular flexibility index (Phi) is 5.29. The van der Waals surface area contributed by atoms with E-state index in [2.05, 4.69) is 0 Å². The zero-order chi connectivity index (χ0) is 18.7. The quantitative estimate of drug-likeness (QED) is 0.806. The third-order valence-corrected chi connectivity index (χ3v) is 6.29. The van der Waals surface area contributed by atoms with Crippen molar-refractivity contribution < 1.29 is 17.9 Å². The average Bonchev–Trinajstić information content (AvgIpc) is 2.65. The maximum Gasteiger partial charge on any atom is 0.243 e. The third-order valence-electron chi connectivity index (χ3n) is 4.35. The number of amides is 1. The zero-order valence-electron chi connectivity index (χ0n) is 14.9. The second-order valence-electron chi connectivity index (χ2n) is 6.11. The van der Waals surface area contributed by atoms with Crippen LogP contribution in [0.5, 0.6) is 5.75 Å². The summed E-state index contributed by atoms with van der Waals surface area (Å²) in [7, 11) is -3.72. The van der Waals surface area contributed by atoms with E-state index in [1.54, 1.807) is 48.2 Å². The van der Waals surface area contributed by atoms with Crippen LogP contribution in [0.3, 0.4) is 0 Å². The molecule has 0 saturated heterocycles. The van der Waals surface area contributed by atoms with Gasteiger partial charge in [-0.2, -0.15) is 4.31 Å². The van der Waals surface area contributed by atoms with Gasteiger partial charge in [0.25, 0.3) is 0 Å². The molecule has 1 aliphatic rings. The topological polar surface area (TPSA) is 66.9 Å². The van der Waals surface area contributed by atoms with E-state index in [9.17, 15) is 13.2 Å². The fraction of sp³-hybridized carbons (Fsp3) is 0.316. The summed E-state index contributed by atoms with van der Waals surface area (Å²) >= 11 is 0. The van der Waals surface area contributed by atoms with Crippen molar-refractivity contribution in [2.45, 2.75) is 18.7 Å². The summed E-state index contributed by atoms with van der Waals surface area (Å²) in [6.07, 6.45) is 0. The highest BCUT2D eigenvalue weighted by molar-refractivity contribution is 7.89. The van der Waals surface area contributed by atoms with Gasteiger partial charge in [-0.3, -0.25) is 4.79 Å². The highest BCUT2D eigenvalue weighted by Crippen LogP contribution is 2.31. The number of ether oxygens (including phenoxy) is 1. The smallest absolute Gasteiger partial charge is 0.243 e. The van der Waals surface area contributed by atoms with Crippen molar-refractivity contribution in [3.05, 3.63) is 54.1 Å². The lowest BCUT2D eigenvalue weighted by Crippen LogP contribution is -2.45. The summed E-state index contributed by atoms with van der Waals surface area (Å²) in [6, 6.07) is 13.9. The minimum atomic E-state index is -3.72. The summed E-state index contributed by atoms with van der Waals surface area (Å²) in [5.41, 5.74) is 1.65. The Bertz CT molecular complexity index is 894. The fourth-order valence-corrected chi connectivity index (χ4v) is 4.29. The Morgan fingerprint density at radius 2 is 1.85 bits per heavy atom. The molecule has 1 aliphatic heterocycles. The Balaban J connectivity index is 1.82. The van der Waals surface area contributed by atoms with Crippen LogP contribution in [0.4, 0.5) is 5.69 Å². The summed E-state index contributed by atoms with van der Waals surface area (Å²) in [4.78, 5) is 14.6. The number of anilines is 1. The number of hydrogen-bond donors (Lipinski definition) is 0. The summed E-state index contributed by atoms with van der Waals surface area (Å²) in [5.74, 6) is 0.370. The molecule has 6 nitrogen and oxygen atoms in total. The molecule has 0 fully saturated rings. The van der Waals surface area contributed by atoms with Crippen LogP contribution in [0, 0.1) is 6.92 Å². The van der Waals surface area contributed by atoms with Gasteiger partial charge in [-0.05, 0) is 31.2 Å². The van der Waals surface area contributed by atoms with Crippen LogP contribution < -0.4 is 9.64 Å². The van der Waals surface area contributed by atoms with E-state index in [1.807, 2.05) is 19.1 Å². The predicted octanol–water partition coefficient (Wildman–Crippen LogP) is 2.43. The number of hydrogen-bond acceptors (Lipinski definition) is 4. The maximum atomic E-state index is 12.9. The first-order chi connectivity index (χ1) is 12.4. The van der Waals surface area contributed by atoms with Crippen molar-refractivity contribution in [1.82, 2.24) is 4.31 Å². The van der Waals surface area contributed by atoms with Crippen molar-refractivity contribution in [3.63, 3.8) is 0 Å². The molecule has 3 rings (SSSR count). The van der Waals surface area contributed by atoms with Crippen molar-refractivity contribution in [1.29, 1.82) is 0 Å². The number of nitrogens with zero attached hydrogens (tertiary/aromatic N) is 2. The number of sulfonamides is 1. The zero-order valence-corrected chi connectivity index (χ0v) is 15.7. The predicted molar refractivity (Wildman–Crippen MR) is 99.9 cm³/mol. The molecular weight excluding hydrogens is 352 g/mol. The number of likely N-dealkylation sites (N-methyl/N-ethyl adjacent to an activating group) is 1. The summed E-state index contributed by atoms with van der Waals surface area (Å²) < 4.78 is 32.5. The second-order valence-corrected chi connectivity index (χ2v) is 8.04. The number of aryl methyl sites for hydroxylation is 1. The number of fused-ring (bicyclic) bond motifs is 1. The van der Waals surface area contributed by atoms with E-state index in [4.69, 9.17) is 4.74 Å². The highest BCUT2D eigenvalue weighted by atomic mass is 32.2. The standard InChI is InChI=1S/C19H22N2O4S/c1-3-20(26(23,24)16-10-8-15(2)9-11-16)14-19(22)21-12-13-25-18-7-5-4-6-17(18)21/h4-11H,3,12-14H2,1-2H3. The Morgan fingerprint density at radius 1 is 1.15 bits per heavy atom. The number of carbonyl (C=O) groups excluding carboxylic acids is 1. The van der Waals surface area contributed by atoms with Crippen molar-refractivity contribution in [2.75, 3.05) is 31.1 Å². The van der Waals surface area contributed by atoms with Gasteiger partial charge in [-0.1, -0.05) is 36.8 Å². The van der Waals surface area contributed by atoms with Gasteiger partial charge < -0.3 is 9.64 Å². The van der Waals surface area contributed by atoms with Gasteiger partial charge >= 0.3 is 0 Å². The average molecular weight is 374 g/mol. The highest BCUT2D eigenvalue weighted by Gasteiger charge is 2.29. The third kappa shape index (κ3) is 3.59. The van der Waals surface area contributed by atoms with E-state index in [0.717, 1.165) is 5.56 Å². The summed E-state index contributed by atoms with van der Waals surface area (Å²) in [6.45, 7) is 4.42. The van der Waals surface area contributed by atoms with Crippen LogP contribution in [-0.2, 0) is 14.8 Å². The van der Waals surface area contributed by atoms with Gasteiger partial charge in [0.1, 0.15) is 12.4 Å². The van der Waals surface area contributed by atoms with Crippen LogP contribution in [0.2, 0.25) is 0 Å². The molecule has 0 bridgehead atoms. The number of benzene rings is 2. The lowest BCUT2D eigenvalue weighted by molar-refractivity contribution is -0.119. The van der Waals surface area contributed by atoms with E-state index < -0.39 is 10.0 Å². The first-order valence-electron chi connectivity index (χ1n) is 8.52. The minimum absolute atomic E-state index is 0.195. The van der Waals surface area contributed by atoms with Crippen LogP contribution in [0.25, 0.3) is 0 Å². The van der Waals surface area contributed by atoms with E-state index >= 15 is 0 Å². The molecule has 0 spiro atoms. The van der Waals surface area contributed by atoms with Crippen LogP contribution in [0.1, 0.15) is 12.5 Å². The van der Waals surface area contributed by atoms with Gasteiger partial charge in [0.15, 0.2) is 0 Å². The van der Waals surface area contributed by atoms with E-state index in [0.29, 0.717) is 24.6 Å². The molecule has 0 aliphatic carbocycles. The normalized spacial score (nSPS) is 14.0. The Hall–Kier alpha value is -2.38. The number of rotatable bonds is 5. The fourth-order valence-electron chi connectivity index (χ4n) is 2.89. The SMILES string of the molecule is CCN(CC(=O)N1CCOc2ccccc21)S(=O)(=O)c1ccc(C)cc1. The number of carbonyl (C=O) groups is 1. The molecule has 0 radical (unpaired) electrons. The lowest BCUT2D eigenvalue weighted by Gasteiger charge is -2.31. The van der Waals surface area contributed by atoms with Gasteiger partial charge in [0.05, 0.1) is 23.7 Å². The number of para-hydroxylation sites is 2. The first-order valence-corrected chi connectivity index (χ1v) is 9.96. The van der Waals surface area contributed by atoms with E-state index in [-0.39, 0.29) is 23.9 Å². The molecule has 2 aromatic rings.